The Morgan fingerprint density at radius 2 is 0.617 bits per heavy atom. The number of ketones is 4. The Balaban J connectivity index is -0.000000131. The maximum Gasteiger partial charge on any atom is 0.340 e. The molecule has 20 atom stereocenters. The van der Waals surface area contributed by atoms with Gasteiger partial charge < -0.3 is 369 Å². The maximum absolute atomic E-state index is 11.1. The van der Waals surface area contributed by atoms with Gasteiger partial charge >= 0.3 is 5.97 Å². The van der Waals surface area contributed by atoms with Gasteiger partial charge in [-0.1, -0.05) is 50.7 Å². The molecule has 0 saturated heterocycles. The van der Waals surface area contributed by atoms with Crippen molar-refractivity contribution in [1.82, 2.24) is 0 Å². The fourth-order valence-electron chi connectivity index (χ4n) is 4.56. The summed E-state index contributed by atoms with van der Waals surface area (Å²) in [6, 6.07) is 0. The highest BCUT2D eigenvalue weighted by Gasteiger charge is 2.34. The van der Waals surface area contributed by atoms with Gasteiger partial charge in [0.15, 0.2) is 48.1 Å². The molecule has 0 radical (unpaired) electrons. The van der Waals surface area contributed by atoms with E-state index in [1.165, 1.54) is 0 Å². The third-order valence-corrected chi connectivity index (χ3v) is 30.1. The second kappa shape index (κ2) is 83.0. The number of carbonyl (C=O) groups excluding carboxylic acids is 12. The highest BCUT2D eigenvalue weighted by molar-refractivity contribution is 14.2. The zero-order chi connectivity index (χ0) is 115. The smallest absolute Gasteiger partial charge is 0.340 e. The molecule has 96 heteroatoms. The highest BCUT2D eigenvalue weighted by atomic mass is 127. The normalized spacial score (nSPS) is 15.7. The van der Waals surface area contributed by atoms with Crippen molar-refractivity contribution in [2.75, 3.05) is 79.3 Å². The summed E-state index contributed by atoms with van der Waals surface area (Å²) in [5, 5.41) is 222. The van der Waals surface area contributed by atoms with Crippen molar-refractivity contribution in [3.8, 4) is 0 Å². The van der Waals surface area contributed by atoms with E-state index in [1.54, 1.807) is 0 Å². The number of phosphoric ester groups is 11. The molecule has 0 rings (SSSR count). The summed E-state index contributed by atoms with van der Waals surface area (Å²) in [7, 11) is -58.5. The largest absolute Gasteiger partial charge is 0.790 e. The number of hydrogen-bond donors (Lipinski definition) is 21. The van der Waals surface area contributed by atoms with E-state index in [0.29, 0.717) is 0 Å². The Hall–Kier alpha value is -2.65. The molecule has 0 aliphatic carbocycles. The zero-order valence-corrected chi connectivity index (χ0v) is 84.0. The molecule has 0 aliphatic rings. The number of aliphatic carboxylic acids is 4. The molecule has 0 bridgehead atoms. The van der Waals surface area contributed by atoms with Crippen LogP contribution in [-0.2, 0) is 158 Å². The third kappa shape index (κ3) is 122. The molecule has 21 N–H and O–H groups in total. The fraction of sp³-hybridized carbons (Fsp3) is 0.689. The minimum Gasteiger partial charge on any atom is -0.790 e. The molecule has 0 aromatic heterocycles. The number of aliphatic hydroxyl groups excluding tert-OH is 21. The number of aldehydes is 3. The van der Waals surface area contributed by atoms with Gasteiger partial charge in [0.25, 0.3) is 0 Å². The van der Waals surface area contributed by atoms with Gasteiger partial charge in [0.2, 0.25) is 0 Å². The molecule has 0 aromatic rings. The summed E-state index contributed by atoms with van der Waals surface area (Å²) >= 11 is 4.77. The Labute approximate surface area is 811 Å². The van der Waals surface area contributed by atoms with E-state index < -0.39 is 334 Å². The Kier molecular flexibility index (Phi) is 96.3. The van der Waals surface area contributed by atoms with Gasteiger partial charge in [-0.3, -0.25) is 19.2 Å². The summed E-state index contributed by atoms with van der Waals surface area (Å²) < 4.78 is 146. The molecule has 20 unspecified atom stereocenters. The molecule has 0 fully saturated rings. The lowest BCUT2D eigenvalue weighted by molar-refractivity contribution is -0.354. The lowest BCUT2D eigenvalue weighted by Crippen LogP contribution is -2.46. The summed E-state index contributed by atoms with van der Waals surface area (Å²) in [6.45, 7) is -9.22. The molecule has 0 amide bonds. The average molecular weight is 2570 g/mol. The number of carbonyl (C=O) groups is 12. The van der Waals surface area contributed by atoms with E-state index in [1.807, 2.05) is 0 Å². The molecule has 0 spiro atoms. The first-order valence-electron chi connectivity index (χ1n) is 32.4. The second-order valence-corrected chi connectivity index (χ2v) is 45.7. The van der Waals surface area contributed by atoms with Gasteiger partial charge in [-0.2, -0.15) is 0 Å². The van der Waals surface area contributed by atoms with Crippen LogP contribution in [0.15, 0.2) is 12.3 Å². The number of hydrogen-bond acceptors (Lipinski definition) is 81. The van der Waals surface area contributed by atoms with Crippen molar-refractivity contribution >= 4 is 214 Å². The maximum atomic E-state index is 11.1. The Bertz CT molecular complexity index is 4140. The molecule has 844 valence electrons. The SMILES string of the molecule is C=C(OP(=O)([O-])[O-])C(=O)[O-].CC(=O)C(=O)[O-].IPPI.O=C(CO)C(O)C(O)C(O)COP(=O)([O-])[O-].O=C(CO)COP(=O)([O-])[O-].O=C(COP(=O)([O-])[O-])C(O)C(O)C(O)COP(=O)([O-])[O-].O=C(OP(=O)([O-])[O-])C(O)COP(=O)([O-])[O-].O=C([O-])C(CO)OP(=O)([O-])[O-].O=C([O-])C(O)COP(=O)([O-])[O-].O=CC(O)C(O)C(O)C(O)CO.O=CC(O)C(O)C(O)C(O)COP(=O)([O-])[O-].O=CC(O)COP(=O)([O-])[O-]. The van der Waals surface area contributed by atoms with E-state index in [-0.39, 0.29) is 18.9 Å². The topological polar surface area (TPSA) is 1520 Å². The van der Waals surface area contributed by atoms with Crippen LogP contribution in [-0.4, -0.2) is 368 Å². The number of carboxylic acid groups (broad SMARTS) is 4. The van der Waals surface area contributed by atoms with Crippen molar-refractivity contribution in [2.24, 2.45) is 0 Å². The van der Waals surface area contributed by atoms with Crippen LogP contribution in [0.5, 0.6) is 0 Å². The summed E-state index contributed by atoms with van der Waals surface area (Å²) in [4.78, 5) is 336. The molecule has 81 nitrogen and oxygen atoms in total. The Morgan fingerprint density at radius 1 is 0.333 bits per heavy atom. The van der Waals surface area contributed by atoms with Crippen LogP contribution >= 0.6 is 142 Å². The minimum atomic E-state index is -5.63. The zero-order valence-electron chi connectivity index (χ0n) is 67.9. The molecule has 141 heavy (non-hydrogen) atoms. The number of halogens is 2. The third-order valence-electron chi connectivity index (χ3n) is 10.6. The van der Waals surface area contributed by atoms with E-state index in [2.05, 4.69) is 100 Å². The molecule has 0 aromatic carbocycles. The molecular formula is C45H73I2O81P13-26. The Morgan fingerprint density at radius 3 is 0.837 bits per heavy atom. The molecule has 0 aliphatic heterocycles. The van der Waals surface area contributed by atoms with E-state index in [4.69, 9.17) is 102 Å². The van der Waals surface area contributed by atoms with Gasteiger partial charge in [-0.05, 0) is 11.8 Å². The van der Waals surface area contributed by atoms with Crippen molar-refractivity contribution in [3.05, 3.63) is 12.3 Å². The van der Waals surface area contributed by atoms with Crippen molar-refractivity contribution in [3.63, 3.8) is 0 Å². The monoisotopic (exact) mass is 2570 g/mol. The number of rotatable bonds is 54. The van der Waals surface area contributed by atoms with Crippen LogP contribution in [0.2, 0.25) is 0 Å². The number of carboxylic acids is 4. The van der Waals surface area contributed by atoms with Gasteiger partial charge in [0.1, 0.15) is 164 Å². The standard InChI is InChI=1S/C6H14O12P2.2C6H13O9P.C6H12O6.C3H8O10P2.2C3H7O7P.2C3H7O6P.C3H5O6P.C3H4O3.H2I2P2/c7-3(1-17-19(11,12)13)5(9)6(10)4(8)2-18-20(14,15)16;2*7-1-3(8)5(10)6(11)4(9)2-15-16(12,13)14;7-1-3(9)5(11)6(12)4(10)2-8;4-2(1-12-14(6,7)8)3(5)13-15(9,10)11;4-2(3(5)6)1-10-11(7,8)9;4-1-2(3(5)6)10-11(7,8)9;2*4-1-3(5)2-9-10(6,7)8;1-2(3(4)5)9-10(6,7)8;1-2(4)3(5)6;1-3-4-2/h3,5-7,9-10H,1-2H2,(H2,11,12,13)(H2,14,15,16);4-7,9-11H,1-2H2,(H2,12,13,14);1,3-6,8-11H,2H2,(H2,12,13,14);1,3-6,8-12H,2H2;2,4H,1H2,(H2,6,7,8)(H2,9,10,11);2*2,4H,1H2,(H,5,6)(H2,7,8,9);4H,1-2H2,(H2,6,7,8);1,3,5H,2H2,(H2,6,7,8);1H2,(H,4,5)(H2,6,7,8);1H3,(H,5,6);3-4H/p-26. The van der Waals surface area contributed by atoms with E-state index in [0.717, 1.165) is 18.7 Å². The average Bonchev–Trinajstić information content (AvgIpc) is 0.909. The lowest BCUT2D eigenvalue weighted by atomic mass is 10.0. The van der Waals surface area contributed by atoms with Gasteiger partial charge in [0.05, 0.1) is 135 Å². The van der Waals surface area contributed by atoms with Crippen molar-refractivity contribution in [1.29, 1.82) is 0 Å². The highest BCUT2D eigenvalue weighted by Crippen LogP contribution is 2.49. The number of Topliss-reactive ketones (excluding diaryl/α,β-unsaturated/α-hetero) is 4. The number of phosphoric acid groups is 11. The van der Waals surface area contributed by atoms with Crippen LogP contribution in [0.1, 0.15) is 6.92 Å². The quantitative estimate of drug-likeness (QED) is 0.00671. The number of aliphatic hydroxyl groups is 21. The van der Waals surface area contributed by atoms with Crippen LogP contribution in [0, 0.1) is 0 Å². The first-order chi connectivity index (χ1) is 62.7. The van der Waals surface area contributed by atoms with Crippen LogP contribution in [0.25, 0.3) is 0 Å². The lowest BCUT2D eigenvalue weighted by Gasteiger charge is -2.32. The van der Waals surface area contributed by atoms with E-state index >= 15 is 0 Å². The first-order valence-corrected chi connectivity index (χ1v) is 57.7. The fourth-order valence-corrected chi connectivity index (χ4v) is 8.29. The summed E-state index contributed by atoms with van der Waals surface area (Å²) in [5.41, 5.74) is 0. The van der Waals surface area contributed by atoms with Crippen LogP contribution < -0.4 is 128 Å². The van der Waals surface area contributed by atoms with Crippen LogP contribution in [0.3, 0.4) is 0 Å². The second-order valence-electron chi connectivity index (χ2n) is 22.0. The summed E-state index contributed by atoms with van der Waals surface area (Å²) in [6.07, 6.45) is -35.9. The van der Waals surface area contributed by atoms with Gasteiger partial charge in [-0.15, -0.1) is 0 Å². The minimum absolute atomic E-state index is 0.0258. The van der Waals surface area contributed by atoms with Crippen LogP contribution in [0.4, 0.5) is 0 Å². The van der Waals surface area contributed by atoms with Crippen molar-refractivity contribution < 1.29 is 393 Å². The predicted octanol–water partition coefficient (Wildman–Crippen LogP) is -37.5. The first kappa shape index (κ1) is 163. The van der Waals surface area contributed by atoms with Crippen molar-refractivity contribution in [2.45, 2.75) is 117 Å². The van der Waals surface area contributed by atoms with Gasteiger partial charge in [0, 0.05) is 6.92 Å². The molecule has 0 saturated carbocycles. The van der Waals surface area contributed by atoms with E-state index in [9.17, 15) is 241 Å². The van der Waals surface area contributed by atoms with Gasteiger partial charge in [-0.25, -0.2) is 4.79 Å². The molecular weight excluding hydrogens is 2490 g/mol. The summed E-state index contributed by atoms with van der Waals surface area (Å²) in [5.74, 6) is -12.8. The predicted molar refractivity (Wildman–Crippen MR) is 392 cm³/mol. The molecule has 0 heterocycles.